The Morgan fingerprint density at radius 3 is 2.55 bits per heavy atom. The maximum atomic E-state index is 5.78. The Labute approximate surface area is 117 Å². The molecule has 0 aliphatic rings. The summed E-state index contributed by atoms with van der Waals surface area (Å²) in [5.41, 5.74) is 2.51. The number of hydrazine groups is 1. The third kappa shape index (κ3) is 3.36. The summed E-state index contributed by atoms with van der Waals surface area (Å²) >= 11 is 0. The van der Waals surface area contributed by atoms with Gasteiger partial charge in [0, 0.05) is 12.5 Å². The van der Waals surface area contributed by atoms with E-state index in [1.54, 1.807) is 6.07 Å². The zero-order valence-corrected chi connectivity index (χ0v) is 11.6. The molecular formula is C14H18N4O2. The molecule has 0 aliphatic carbocycles. The van der Waals surface area contributed by atoms with E-state index in [4.69, 9.17) is 15.3 Å². The second-order valence-corrected chi connectivity index (χ2v) is 3.99. The number of aromatic nitrogens is 2. The van der Waals surface area contributed by atoms with Crippen LogP contribution in [0, 0.1) is 0 Å². The molecule has 0 amide bonds. The maximum absolute atomic E-state index is 5.78. The van der Waals surface area contributed by atoms with Crippen LogP contribution in [0.3, 0.4) is 0 Å². The van der Waals surface area contributed by atoms with Gasteiger partial charge in [-0.1, -0.05) is 19.1 Å². The highest BCUT2D eigenvalue weighted by molar-refractivity contribution is 5.44. The van der Waals surface area contributed by atoms with Crippen molar-refractivity contribution in [1.82, 2.24) is 9.97 Å². The van der Waals surface area contributed by atoms with Gasteiger partial charge in [-0.15, -0.1) is 0 Å². The average molecular weight is 274 g/mol. The first-order valence-corrected chi connectivity index (χ1v) is 6.51. The molecular weight excluding hydrogens is 256 g/mol. The van der Waals surface area contributed by atoms with E-state index >= 15 is 0 Å². The number of nitrogens with two attached hydrogens (primary N) is 1. The normalized spacial score (nSPS) is 10.2. The van der Waals surface area contributed by atoms with E-state index < -0.39 is 0 Å². The quantitative estimate of drug-likeness (QED) is 0.622. The number of benzene rings is 1. The molecule has 106 valence electrons. The van der Waals surface area contributed by atoms with Crippen molar-refractivity contribution in [3.05, 3.63) is 36.2 Å². The van der Waals surface area contributed by atoms with Crippen molar-refractivity contribution < 1.29 is 9.47 Å². The first kappa shape index (κ1) is 14.1. The van der Waals surface area contributed by atoms with Crippen LogP contribution in [0.25, 0.3) is 0 Å². The van der Waals surface area contributed by atoms with Crippen molar-refractivity contribution >= 4 is 5.82 Å². The van der Waals surface area contributed by atoms with Crippen LogP contribution in [0.2, 0.25) is 0 Å². The minimum absolute atomic E-state index is 0.428. The Bertz CT molecular complexity index is 553. The number of rotatable bonds is 6. The van der Waals surface area contributed by atoms with Crippen LogP contribution in [0.5, 0.6) is 17.4 Å². The topological polar surface area (TPSA) is 82.3 Å². The summed E-state index contributed by atoms with van der Waals surface area (Å²) < 4.78 is 11.3. The van der Waals surface area contributed by atoms with Gasteiger partial charge < -0.3 is 14.9 Å². The Kier molecular flexibility index (Phi) is 4.73. The number of nitrogens with one attached hydrogen (secondary N) is 1. The van der Waals surface area contributed by atoms with Crippen LogP contribution >= 0.6 is 0 Å². The van der Waals surface area contributed by atoms with E-state index in [1.807, 2.05) is 38.1 Å². The molecule has 1 heterocycles. The first-order valence-electron chi connectivity index (χ1n) is 6.51. The Balaban J connectivity index is 2.29. The molecule has 1 aromatic carbocycles. The van der Waals surface area contributed by atoms with E-state index in [0.29, 0.717) is 42.0 Å². The molecule has 0 saturated carbocycles. The molecule has 6 heteroatoms. The van der Waals surface area contributed by atoms with E-state index in [0.717, 1.165) is 0 Å². The summed E-state index contributed by atoms with van der Waals surface area (Å²) in [6.07, 6.45) is 0.693. The summed E-state index contributed by atoms with van der Waals surface area (Å²) in [6, 6.07) is 9.09. The van der Waals surface area contributed by atoms with Crippen LogP contribution in [0.1, 0.15) is 19.7 Å². The largest absolute Gasteiger partial charge is 0.490 e. The highest BCUT2D eigenvalue weighted by atomic mass is 16.5. The van der Waals surface area contributed by atoms with Crippen molar-refractivity contribution in [2.24, 2.45) is 5.84 Å². The molecule has 0 atom stereocenters. The van der Waals surface area contributed by atoms with E-state index in [2.05, 4.69) is 15.4 Å². The molecule has 0 spiro atoms. The Hall–Kier alpha value is -2.34. The van der Waals surface area contributed by atoms with Crippen LogP contribution in [0.4, 0.5) is 5.82 Å². The van der Waals surface area contributed by atoms with Gasteiger partial charge in [0.2, 0.25) is 5.88 Å². The molecule has 0 radical (unpaired) electrons. The standard InChI is InChI=1S/C14H18N4O2/c1-3-12-16-13(18-15)9-14(17-12)20-11-8-6-5-7-10(11)19-4-2/h5-9H,3-4,15H2,1-2H3,(H,16,17,18). The fourth-order valence-corrected chi connectivity index (χ4v) is 1.68. The third-order valence-electron chi connectivity index (χ3n) is 2.58. The minimum atomic E-state index is 0.428. The number of aryl methyl sites for hydroxylation is 1. The van der Waals surface area contributed by atoms with Crippen molar-refractivity contribution in [2.75, 3.05) is 12.0 Å². The van der Waals surface area contributed by atoms with Gasteiger partial charge in [-0.05, 0) is 19.1 Å². The third-order valence-corrected chi connectivity index (χ3v) is 2.58. The summed E-state index contributed by atoms with van der Waals surface area (Å²) in [5.74, 6) is 8.28. The van der Waals surface area contributed by atoms with Gasteiger partial charge >= 0.3 is 0 Å². The van der Waals surface area contributed by atoms with Gasteiger partial charge in [-0.2, -0.15) is 4.98 Å². The molecule has 0 unspecified atom stereocenters. The second-order valence-electron chi connectivity index (χ2n) is 3.99. The number of hydrogen-bond acceptors (Lipinski definition) is 6. The van der Waals surface area contributed by atoms with Crippen molar-refractivity contribution in [3.8, 4) is 17.4 Å². The molecule has 20 heavy (non-hydrogen) atoms. The first-order chi connectivity index (χ1) is 9.76. The van der Waals surface area contributed by atoms with Crippen LogP contribution in [-0.4, -0.2) is 16.6 Å². The molecule has 0 fully saturated rings. The van der Waals surface area contributed by atoms with Gasteiger partial charge in [0.05, 0.1) is 6.61 Å². The van der Waals surface area contributed by atoms with E-state index in [-0.39, 0.29) is 0 Å². The predicted octanol–water partition coefficient (Wildman–Crippen LogP) is 2.52. The lowest BCUT2D eigenvalue weighted by atomic mass is 10.3. The molecule has 2 rings (SSSR count). The number of ether oxygens (including phenoxy) is 2. The lowest BCUT2D eigenvalue weighted by molar-refractivity contribution is 0.319. The highest BCUT2D eigenvalue weighted by Gasteiger charge is 2.08. The molecule has 6 nitrogen and oxygen atoms in total. The maximum Gasteiger partial charge on any atom is 0.224 e. The monoisotopic (exact) mass is 274 g/mol. The van der Waals surface area contributed by atoms with Gasteiger partial charge in [0.15, 0.2) is 11.5 Å². The number of nitrogens with zero attached hydrogens (tertiary/aromatic N) is 2. The summed E-state index contributed by atoms with van der Waals surface area (Å²) in [7, 11) is 0. The number of para-hydroxylation sites is 2. The summed E-state index contributed by atoms with van der Waals surface area (Å²) in [4.78, 5) is 8.52. The van der Waals surface area contributed by atoms with E-state index in [9.17, 15) is 0 Å². The average Bonchev–Trinajstić information content (AvgIpc) is 2.49. The second kappa shape index (κ2) is 6.72. The SMILES string of the molecule is CCOc1ccccc1Oc1cc(NN)nc(CC)n1. The van der Waals surface area contributed by atoms with Gasteiger partial charge in [0.1, 0.15) is 11.6 Å². The van der Waals surface area contributed by atoms with Crippen LogP contribution in [-0.2, 0) is 6.42 Å². The number of nitrogen functional groups attached to an aromatic ring is 1. The van der Waals surface area contributed by atoms with Crippen LogP contribution in [0.15, 0.2) is 30.3 Å². The molecule has 0 bridgehead atoms. The zero-order valence-electron chi connectivity index (χ0n) is 11.6. The minimum Gasteiger partial charge on any atom is -0.490 e. The lowest BCUT2D eigenvalue weighted by Crippen LogP contribution is -2.10. The molecule has 0 saturated heterocycles. The zero-order chi connectivity index (χ0) is 14.4. The van der Waals surface area contributed by atoms with Crippen molar-refractivity contribution in [3.63, 3.8) is 0 Å². The molecule has 1 aromatic heterocycles. The Morgan fingerprint density at radius 2 is 1.90 bits per heavy atom. The molecule has 2 aromatic rings. The highest BCUT2D eigenvalue weighted by Crippen LogP contribution is 2.31. The van der Waals surface area contributed by atoms with Crippen LogP contribution < -0.4 is 20.7 Å². The van der Waals surface area contributed by atoms with Gasteiger partial charge in [-0.25, -0.2) is 10.8 Å². The van der Waals surface area contributed by atoms with Gasteiger partial charge in [-0.3, -0.25) is 0 Å². The summed E-state index contributed by atoms with van der Waals surface area (Å²) in [6.45, 7) is 4.46. The predicted molar refractivity (Wildman–Crippen MR) is 76.9 cm³/mol. The fraction of sp³-hybridized carbons (Fsp3) is 0.286. The lowest BCUT2D eigenvalue weighted by Gasteiger charge is -2.11. The number of hydrogen-bond donors (Lipinski definition) is 2. The molecule has 3 N–H and O–H groups in total. The smallest absolute Gasteiger partial charge is 0.224 e. The summed E-state index contributed by atoms with van der Waals surface area (Å²) in [5, 5.41) is 0. The Morgan fingerprint density at radius 1 is 1.15 bits per heavy atom. The fourth-order valence-electron chi connectivity index (χ4n) is 1.68. The van der Waals surface area contributed by atoms with Crippen molar-refractivity contribution in [2.45, 2.75) is 20.3 Å². The van der Waals surface area contributed by atoms with Gasteiger partial charge in [0.25, 0.3) is 0 Å². The van der Waals surface area contributed by atoms with Crippen molar-refractivity contribution in [1.29, 1.82) is 0 Å². The number of anilines is 1. The molecule has 0 aliphatic heterocycles. The van der Waals surface area contributed by atoms with E-state index in [1.165, 1.54) is 0 Å².